The lowest BCUT2D eigenvalue weighted by atomic mass is 9.96. The zero-order valence-corrected chi connectivity index (χ0v) is 15.6. The van der Waals surface area contributed by atoms with E-state index in [-0.39, 0.29) is 11.5 Å². The number of carbonyl (C=O) groups excluding carboxylic acids is 1. The molecule has 1 heterocycles. The number of ether oxygens (including phenoxy) is 2. The molecule has 1 fully saturated rings. The van der Waals surface area contributed by atoms with Crippen LogP contribution in [-0.4, -0.2) is 29.8 Å². The molecule has 0 atom stereocenters. The monoisotopic (exact) mass is 393 g/mol. The van der Waals surface area contributed by atoms with Crippen molar-refractivity contribution < 1.29 is 27.6 Å². The maximum absolute atomic E-state index is 12.7. The topological polar surface area (TPSA) is 86.5 Å². The van der Waals surface area contributed by atoms with E-state index in [0.717, 1.165) is 12.8 Å². The number of methoxy groups -OCH3 is 1. The zero-order chi connectivity index (χ0) is 20.1. The Kier molecular flexibility index (Phi) is 5.91. The SMILES string of the molecule is COc1cccc(/C=C/C(=O)NC2(c3noc(C)n3)CCCC2)c1OC(F)F. The predicted molar refractivity (Wildman–Crippen MR) is 96.0 cm³/mol. The van der Waals surface area contributed by atoms with Gasteiger partial charge in [0.2, 0.25) is 11.8 Å². The fourth-order valence-corrected chi connectivity index (χ4v) is 3.36. The maximum Gasteiger partial charge on any atom is 0.387 e. The van der Waals surface area contributed by atoms with Crippen molar-refractivity contribution in [1.82, 2.24) is 15.5 Å². The summed E-state index contributed by atoms with van der Waals surface area (Å²) < 4.78 is 40.1. The molecule has 0 aliphatic heterocycles. The number of nitrogens with one attached hydrogen (secondary N) is 1. The number of benzene rings is 1. The molecule has 28 heavy (non-hydrogen) atoms. The number of aryl methyl sites for hydroxylation is 1. The molecule has 1 aliphatic rings. The van der Waals surface area contributed by atoms with E-state index in [4.69, 9.17) is 9.26 Å². The third-order valence-electron chi connectivity index (χ3n) is 4.63. The third kappa shape index (κ3) is 4.29. The highest BCUT2D eigenvalue weighted by molar-refractivity contribution is 5.92. The lowest BCUT2D eigenvalue weighted by Gasteiger charge is -2.26. The number of para-hydroxylation sites is 1. The number of carbonyl (C=O) groups is 1. The molecular formula is C19H21F2N3O4. The van der Waals surface area contributed by atoms with Crippen LogP contribution in [0.2, 0.25) is 0 Å². The van der Waals surface area contributed by atoms with E-state index in [9.17, 15) is 13.6 Å². The first-order chi connectivity index (χ1) is 13.4. The highest BCUT2D eigenvalue weighted by atomic mass is 19.3. The number of hydrogen-bond donors (Lipinski definition) is 1. The fraction of sp³-hybridized carbons (Fsp3) is 0.421. The van der Waals surface area contributed by atoms with Gasteiger partial charge in [0.05, 0.1) is 7.11 Å². The van der Waals surface area contributed by atoms with Crippen molar-refractivity contribution in [3.63, 3.8) is 0 Å². The molecule has 9 heteroatoms. The molecule has 7 nitrogen and oxygen atoms in total. The van der Waals surface area contributed by atoms with Crippen LogP contribution in [0.4, 0.5) is 8.78 Å². The lowest BCUT2D eigenvalue weighted by Crippen LogP contribution is -2.44. The highest BCUT2D eigenvalue weighted by Gasteiger charge is 2.40. The van der Waals surface area contributed by atoms with Crippen LogP contribution in [0.1, 0.15) is 43.0 Å². The van der Waals surface area contributed by atoms with Crippen molar-refractivity contribution in [2.75, 3.05) is 7.11 Å². The second kappa shape index (κ2) is 8.37. The fourth-order valence-electron chi connectivity index (χ4n) is 3.36. The summed E-state index contributed by atoms with van der Waals surface area (Å²) in [7, 11) is 1.35. The second-order valence-corrected chi connectivity index (χ2v) is 6.51. The molecule has 1 aliphatic carbocycles. The van der Waals surface area contributed by atoms with Crippen molar-refractivity contribution in [1.29, 1.82) is 0 Å². The summed E-state index contributed by atoms with van der Waals surface area (Å²) in [6, 6.07) is 4.68. The number of halogens is 2. The number of amides is 1. The minimum absolute atomic E-state index is 0.131. The molecule has 1 aromatic heterocycles. The molecule has 2 aromatic rings. The average Bonchev–Trinajstić information content (AvgIpc) is 3.30. The molecule has 150 valence electrons. The van der Waals surface area contributed by atoms with E-state index in [0.29, 0.717) is 30.1 Å². The van der Waals surface area contributed by atoms with Gasteiger partial charge >= 0.3 is 6.61 Å². The standard InChI is InChI=1S/C19H21F2N3O4/c1-12-22-17(24-28-12)19(10-3-4-11-19)23-15(25)9-8-13-6-5-7-14(26-2)16(13)27-18(20)21/h5-9,18H,3-4,10-11H2,1-2H3,(H,23,25)/b9-8+. The van der Waals surface area contributed by atoms with Gasteiger partial charge in [0.25, 0.3) is 0 Å². The van der Waals surface area contributed by atoms with E-state index in [2.05, 4.69) is 20.2 Å². The van der Waals surface area contributed by atoms with Gasteiger partial charge < -0.3 is 19.3 Å². The van der Waals surface area contributed by atoms with Gasteiger partial charge in [-0.1, -0.05) is 30.1 Å². The molecule has 0 spiro atoms. The van der Waals surface area contributed by atoms with Crippen molar-refractivity contribution in [2.24, 2.45) is 0 Å². The first kappa shape index (κ1) is 19.8. The third-order valence-corrected chi connectivity index (χ3v) is 4.63. The first-order valence-corrected chi connectivity index (χ1v) is 8.86. The van der Waals surface area contributed by atoms with Gasteiger partial charge in [0, 0.05) is 18.6 Å². The number of hydrogen-bond acceptors (Lipinski definition) is 6. The van der Waals surface area contributed by atoms with Gasteiger partial charge in [-0.15, -0.1) is 0 Å². The molecule has 0 saturated heterocycles. The minimum atomic E-state index is -3.01. The molecule has 0 unspecified atom stereocenters. The van der Waals surface area contributed by atoms with Crippen LogP contribution in [0.5, 0.6) is 11.5 Å². The van der Waals surface area contributed by atoms with E-state index in [1.807, 2.05) is 0 Å². The Balaban J connectivity index is 1.80. The van der Waals surface area contributed by atoms with Crippen molar-refractivity contribution >= 4 is 12.0 Å². The molecule has 3 rings (SSSR count). The molecule has 1 amide bonds. The summed E-state index contributed by atoms with van der Waals surface area (Å²) in [4.78, 5) is 16.8. The van der Waals surface area contributed by atoms with Crippen LogP contribution in [0.25, 0.3) is 6.08 Å². The second-order valence-electron chi connectivity index (χ2n) is 6.51. The van der Waals surface area contributed by atoms with E-state index in [1.54, 1.807) is 19.1 Å². The van der Waals surface area contributed by atoms with Gasteiger partial charge in [-0.25, -0.2) is 0 Å². The molecule has 1 aromatic carbocycles. The summed E-state index contributed by atoms with van der Waals surface area (Å²) in [5, 5.41) is 6.92. The zero-order valence-electron chi connectivity index (χ0n) is 15.6. The van der Waals surface area contributed by atoms with E-state index < -0.39 is 18.1 Å². The van der Waals surface area contributed by atoms with Gasteiger partial charge in [-0.3, -0.25) is 4.79 Å². The van der Waals surface area contributed by atoms with Crippen LogP contribution in [0.3, 0.4) is 0 Å². The number of alkyl halides is 2. The number of rotatable bonds is 7. The molecule has 1 N–H and O–H groups in total. The first-order valence-electron chi connectivity index (χ1n) is 8.86. The molecule has 0 bridgehead atoms. The van der Waals surface area contributed by atoms with Gasteiger partial charge in [-0.05, 0) is 25.0 Å². The van der Waals surface area contributed by atoms with Crippen LogP contribution >= 0.6 is 0 Å². The summed E-state index contributed by atoms with van der Waals surface area (Å²) >= 11 is 0. The maximum atomic E-state index is 12.7. The Labute approximate surface area is 160 Å². The Hall–Kier alpha value is -2.97. The van der Waals surface area contributed by atoms with E-state index in [1.165, 1.54) is 25.3 Å². The van der Waals surface area contributed by atoms with Gasteiger partial charge in [0.15, 0.2) is 17.3 Å². The van der Waals surface area contributed by atoms with Gasteiger partial charge in [0.1, 0.15) is 5.54 Å². The minimum Gasteiger partial charge on any atom is -0.493 e. The Morgan fingerprint density at radius 3 is 2.71 bits per heavy atom. The molecule has 1 saturated carbocycles. The van der Waals surface area contributed by atoms with Crippen LogP contribution in [-0.2, 0) is 10.3 Å². The molecular weight excluding hydrogens is 372 g/mol. The quantitative estimate of drug-likeness (QED) is 0.724. The predicted octanol–water partition coefficient (Wildman–Crippen LogP) is 3.59. The summed E-state index contributed by atoms with van der Waals surface area (Å²) in [6.45, 7) is -1.32. The Morgan fingerprint density at radius 1 is 1.36 bits per heavy atom. The number of nitrogens with zero attached hydrogens (tertiary/aromatic N) is 2. The van der Waals surface area contributed by atoms with Crippen molar-refractivity contribution in [3.8, 4) is 11.5 Å². The smallest absolute Gasteiger partial charge is 0.387 e. The lowest BCUT2D eigenvalue weighted by molar-refractivity contribution is -0.118. The number of aromatic nitrogens is 2. The van der Waals surface area contributed by atoms with E-state index >= 15 is 0 Å². The highest BCUT2D eigenvalue weighted by Crippen LogP contribution is 2.37. The normalized spacial score (nSPS) is 15.9. The van der Waals surface area contributed by atoms with Crippen LogP contribution < -0.4 is 14.8 Å². The average molecular weight is 393 g/mol. The Bertz CT molecular complexity index is 861. The summed E-state index contributed by atoms with van der Waals surface area (Å²) in [6.07, 6.45) is 5.93. The van der Waals surface area contributed by atoms with Crippen molar-refractivity contribution in [3.05, 3.63) is 41.6 Å². The van der Waals surface area contributed by atoms with Crippen LogP contribution in [0, 0.1) is 6.92 Å². The largest absolute Gasteiger partial charge is 0.493 e. The summed E-state index contributed by atoms with van der Waals surface area (Å²) in [5.74, 6) is 0.504. The van der Waals surface area contributed by atoms with Gasteiger partial charge in [-0.2, -0.15) is 13.8 Å². The van der Waals surface area contributed by atoms with Crippen molar-refractivity contribution in [2.45, 2.75) is 44.8 Å². The molecule has 0 radical (unpaired) electrons. The van der Waals surface area contributed by atoms with Crippen LogP contribution in [0.15, 0.2) is 28.8 Å². The summed E-state index contributed by atoms with van der Waals surface area (Å²) in [5.41, 5.74) is -0.388. The Morgan fingerprint density at radius 2 is 2.11 bits per heavy atom.